The highest BCUT2D eigenvalue weighted by Gasteiger charge is 2.45. The second kappa shape index (κ2) is 7.58. The molecular weight excluding hydrogens is 340 g/mol. The summed E-state index contributed by atoms with van der Waals surface area (Å²) in [6.07, 6.45) is 7.10. The molecule has 2 heterocycles. The van der Waals surface area contributed by atoms with Gasteiger partial charge in [-0.05, 0) is 37.3 Å². The highest BCUT2D eigenvalue weighted by Crippen LogP contribution is 2.40. The summed E-state index contributed by atoms with van der Waals surface area (Å²) in [6.45, 7) is 0.550. The van der Waals surface area contributed by atoms with Gasteiger partial charge in [-0.3, -0.25) is 9.69 Å². The molecular formula is C19H23ClN2O3. The number of likely N-dealkylation sites (tertiary alicyclic amines) is 1. The number of carboxylic acid groups (broad SMARTS) is 1. The van der Waals surface area contributed by atoms with Gasteiger partial charge in [-0.15, -0.1) is 12.4 Å². The number of nitrogens with zero attached hydrogens (tertiary/aromatic N) is 2. The fraction of sp³-hybridized carbons (Fsp3) is 0.474. The molecule has 3 atom stereocenters. The molecule has 0 bridgehead atoms. The van der Waals surface area contributed by atoms with Crippen LogP contribution in [0.4, 0.5) is 0 Å². The van der Waals surface area contributed by atoms with Crippen molar-refractivity contribution in [3.63, 3.8) is 0 Å². The number of carboxylic acids is 1. The fourth-order valence-electron chi connectivity index (χ4n) is 4.30. The van der Waals surface area contributed by atoms with Crippen molar-refractivity contribution in [1.82, 2.24) is 9.88 Å². The molecule has 1 aromatic heterocycles. The largest absolute Gasteiger partial charge is 0.480 e. The van der Waals surface area contributed by atoms with Crippen LogP contribution in [0.3, 0.4) is 0 Å². The third-order valence-corrected chi connectivity index (χ3v) is 5.42. The zero-order chi connectivity index (χ0) is 16.5. The molecule has 1 saturated carbocycles. The number of hydrogen-bond acceptors (Lipinski definition) is 4. The number of aliphatic carboxylic acids is 1. The molecule has 25 heavy (non-hydrogen) atoms. The summed E-state index contributed by atoms with van der Waals surface area (Å²) in [5, 5.41) is 9.61. The van der Waals surface area contributed by atoms with E-state index in [0.717, 1.165) is 30.5 Å². The maximum Gasteiger partial charge on any atom is 0.320 e. The second-order valence-corrected chi connectivity index (χ2v) is 6.88. The Morgan fingerprint density at radius 1 is 1.24 bits per heavy atom. The molecule has 5 nitrogen and oxygen atoms in total. The molecule has 1 aliphatic heterocycles. The summed E-state index contributed by atoms with van der Waals surface area (Å²) in [5.74, 6) is 0.397. The number of fused-ring (bicyclic) bond motifs is 1. The number of halogens is 1. The van der Waals surface area contributed by atoms with Gasteiger partial charge in [-0.2, -0.15) is 0 Å². The van der Waals surface area contributed by atoms with Crippen LogP contribution < -0.4 is 0 Å². The Bertz CT molecular complexity index is 718. The van der Waals surface area contributed by atoms with Gasteiger partial charge in [0.2, 0.25) is 5.89 Å². The predicted molar refractivity (Wildman–Crippen MR) is 96.5 cm³/mol. The van der Waals surface area contributed by atoms with Gasteiger partial charge < -0.3 is 9.52 Å². The lowest BCUT2D eigenvalue weighted by Gasteiger charge is -2.32. The van der Waals surface area contributed by atoms with Crippen LogP contribution in [0, 0.1) is 5.92 Å². The minimum atomic E-state index is -0.712. The van der Waals surface area contributed by atoms with Crippen LogP contribution in [0.1, 0.15) is 37.8 Å². The van der Waals surface area contributed by atoms with Crippen molar-refractivity contribution in [3.8, 4) is 11.5 Å². The fourth-order valence-corrected chi connectivity index (χ4v) is 4.30. The first-order chi connectivity index (χ1) is 11.7. The van der Waals surface area contributed by atoms with E-state index in [0.29, 0.717) is 24.4 Å². The Morgan fingerprint density at radius 3 is 2.76 bits per heavy atom. The van der Waals surface area contributed by atoms with Gasteiger partial charge in [-0.25, -0.2) is 4.98 Å². The van der Waals surface area contributed by atoms with Gasteiger partial charge in [0.15, 0.2) is 0 Å². The third kappa shape index (κ3) is 3.58. The van der Waals surface area contributed by atoms with Crippen molar-refractivity contribution >= 4 is 18.4 Å². The van der Waals surface area contributed by atoms with Crippen molar-refractivity contribution in [2.24, 2.45) is 5.92 Å². The van der Waals surface area contributed by atoms with Crippen LogP contribution in [0.5, 0.6) is 0 Å². The lowest BCUT2D eigenvalue weighted by Crippen LogP contribution is -2.41. The maximum absolute atomic E-state index is 11.7. The molecule has 0 amide bonds. The van der Waals surface area contributed by atoms with Gasteiger partial charge >= 0.3 is 5.97 Å². The van der Waals surface area contributed by atoms with E-state index in [4.69, 9.17) is 4.42 Å². The topological polar surface area (TPSA) is 66.6 Å². The summed E-state index contributed by atoms with van der Waals surface area (Å²) in [4.78, 5) is 18.4. The Balaban J connectivity index is 0.00000182. The quantitative estimate of drug-likeness (QED) is 0.891. The van der Waals surface area contributed by atoms with Gasteiger partial charge in [0, 0.05) is 18.2 Å². The Labute approximate surface area is 153 Å². The summed E-state index contributed by atoms with van der Waals surface area (Å²) in [5.41, 5.74) is 1.75. The average molecular weight is 363 g/mol. The van der Waals surface area contributed by atoms with Crippen molar-refractivity contribution < 1.29 is 14.3 Å². The van der Waals surface area contributed by atoms with E-state index in [1.807, 2.05) is 30.3 Å². The smallest absolute Gasteiger partial charge is 0.320 e. The summed E-state index contributed by atoms with van der Waals surface area (Å²) in [6, 6.07) is 9.76. The van der Waals surface area contributed by atoms with Gasteiger partial charge in [-0.1, -0.05) is 31.0 Å². The zero-order valence-corrected chi connectivity index (χ0v) is 14.8. The van der Waals surface area contributed by atoms with Gasteiger partial charge in [0.25, 0.3) is 0 Å². The van der Waals surface area contributed by atoms with E-state index in [9.17, 15) is 9.90 Å². The SMILES string of the molecule is Cl.O=C(O)C1CC2CCCCC2N1Cc1coc(-c2ccccc2)n1. The normalized spacial score (nSPS) is 26.0. The van der Waals surface area contributed by atoms with Crippen molar-refractivity contribution in [3.05, 3.63) is 42.3 Å². The Kier molecular flexibility index (Phi) is 5.45. The molecule has 0 spiro atoms. The predicted octanol–water partition coefficient (Wildman–Crippen LogP) is 3.98. The Hall–Kier alpha value is -1.85. The molecule has 134 valence electrons. The van der Waals surface area contributed by atoms with E-state index in [-0.39, 0.29) is 12.4 Å². The van der Waals surface area contributed by atoms with E-state index in [2.05, 4.69) is 9.88 Å². The highest BCUT2D eigenvalue weighted by atomic mass is 35.5. The van der Waals surface area contributed by atoms with Gasteiger partial charge in [0.05, 0.1) is 5.69 Å². The minimum Gasteiger partial charge on any atom is -0.480 e. The molecule has 1 aliphatic carbocycles. The molecule has 4 rings (SSSR count). The van der Waals surface area contributed by atoms with Crippen LogP contribution in [0.15, 0.2) is 41.0 Å². The number of benzene rings is 1. The van der Waals surface area contributed by atoms with Crippen LogP contribution in [-0.2, 0) is 11.3 Å². The first kappa shape index (κ1) is 18.0. The molecule has 2 aliphatic rings. The van der Waals surface area contributed by atoms with Crippen LogP contribution in [0.2, 0.25) is 0 Å². The summed E-state index contributed by atoms with van der Waals surface area (Å²) >= 11 is 0. The van der Waals surface area contributed by atoms with E-state index in [1.54, 1.807) is 6.26 Å². The van der Waals surface area contributed by atoms with Crippen LogP contribution in [0.25, 0.3) is 11.5 Å². The van der Waals surface area contributed by atoms with Crippen molar-refractivity contribution in [2.45, 2.75) is 50.7 Å². The first-order valence-electron chi connectivity index (χ1n) is 8.71. The Morgan fingerprint density at radius 2 is 2.00 bits per heavy atom. The molecule has 1 aromatic carbocycles. The van der Waals surface area contributed by atoms with Crippen molar-refractivity contribution in [1.29, 1.82) is 0 Å². The molecule has 6 heteroatoms. The number of aromatic nitrogens is 1. The highest BCUT2D eigenvalue weighted by molar-refractivity contribution is 5.85. The lowest BCUT2D eigenvalue weighted by atomic mass is 9.85. The van der Waals surface area contributed by atoms with E-state index >= 15 is 0 Å². The van der Waals surface area contributed by atoms with Crippen LogP contribution in [-0.4, -0.2) is 33.0 Å². The van der Waals surface area contributed by atoms with Crippen LogP contribution >= 0.6 is 12.4 Å². The zero-order valence-electron chi connectivity index (χ0n) is 14.0. The molecule has 2 fully saturated rings. The molecule has 1 N–H and O–H groups in total. The van der Waals surface area contributed by atoms with Crippen molar-refractivity contribution in [2.75, 3.05) is 0 Å². The maximum atomic E-state index is 11.7. The lowest BCUT2D eigenvalue weighted by molar-refractivity contribution is -0.142. The number of hydrogen-bond donors (Lipinski definition) is 1. The number of oxazole rings is 1. The standard InChI is InChI=1S/C19H22N2O3.ClH/c22-19(23)17-10-14-8-4-5-9-16(14)21(17)11-15-12-24-18(20-15)13-6-2-1-3-7-13;/h1-3,6-7,12,14,16-17H,4-5,8-11H2,(H,22,23);1H. The molecule has 0 radical (unpaired) electrons. The number of carbonyl (C=O) groups is 1. The summed E-state index contributed by atoms with van der Waals surface area (Å²) < 4.78 is 5.61. The molecule has 3 unspecified atom stereocenters. The first-order valence-corrected chi connectivity index (χ1v) is 8.71. The summed E-state index contributed by atoms with van der Waals surface area (Å²) in [7, 11) is 0. The van der Waals surface area contributed by atoms with E-state index in [1.165, 1.54) is 12.8 Å². The average Bonchev–Trinajstić information content (AvgIpc) is 3.21. The minimum absolute atomic E-state index is 0. The molecule has 2 aromatic rings. The molecule has 1 saturated heterocycles. The number of rotatable bonds is 4. The van der Waals surface area contributed by atoms with E-state index < -0.39 is 12.0 Å². The van der Waals surface area contributed by atoms with Gasteiger partial charge in [0.1, 0.15) is 12.3 Å². The monoisotopic (exact) mass is 362 g/mol. The second-order valence-electron chi connectivity index (χ2n) is 6.88. The third-order valence-electron chi connectivity index (χ3n) is 5.42.